The maximum Gasteiger partial charge on any atom is 0.160 e. The molecule has 2 aromatic heterocycles. The van der Waals surface area contributed by atoms with Crippen LogP contribution >= 0.6 is 11.8 Å². The third-order valence-corrected chi connectivity index (χ3v) is 6.19. The summed E-state index contributed by atoms with van der Waals surface area (Å²) in [5.74, 6) is 3.24. The number of thioether (sulfide) groups is 1. The Morgan fingerprint density at radius 2 is 2.27 bits per heavy atom. The second-order valence-corrected chi connectivity index (χ2v) is 7.77. The van der Waals surface area contributed by atoms with Crippen molar-refractivity contribution in [2.75, 3.05) is 18.8 Å². The van der Waals surface area contributed by atoms with Gasteiger partial charge < -0.3 is 5.32 Å². The third-order valence-electron chi connectivity index (χ3n) is 4.84. The summed E-state index contributed by atoms with van der Waals surface area (Å²) in [4.78, 5) is 9.58. The van der Waals surface area contributed by atoms with Crippen molar-refractivity contribution < 1.29 is 0 Å². The first-order valence-corrected chi connectivity index (χ1v) is 9.61. The van der Waals surface area contributed by atoms with Gasteiger partial charge in [-0.05, 0) is 69.0 Å². The summed E-state index contributed by atoms with van der Waals surface area (Å²) < 4.78 is 2.45. The van der Waals surface area contributed by atoms with E-state index in [1.807, 2.05) is 12.3 Å². The molecule has 1 N–H and O–H groups in total. The van der Waals surface area contributed by atoms with E-state index in [9.17, 15) is 0 Å². The lowest BCUT2D eigenvalue weighted by molar-refractivity contribution is 0.365. The molecule has 2 unspecified atom stereocenters. The average Bonchev–Trinajstić information content (AvgIpc) is 2.94. The van der Waals surface area contributed by atoms with Crippen molar-refractivity contribution in [3.8, 4) is 0 Å². The fourth-order valence-corrected chi connectivity index (χ4v) is 5.05. The molecular formula is C17H24N4S. The van der Waals surface area contributed by atoms with Crippen LogP contribution in [0.25, 0.3) is 11.2 Å². The molecule has 0 spiro atoms. The van der Waals surface area contributed by atoms with Gasteiger partial charge in [-0.3, -0.25) is 4.57 Å². The van der Waals surface area contributed by atoms with Crippen LogP contribution in [0.15, 0.2) is 18.3 Å². The molecule has 2 fully saturated rings. The predicted molar refractivity (Wildman–Crippen MR) is 92.2 cm³/mol. The lowest BCUT2D eigenvalue weighted by atomic mass is 9.96. The standard InChI is InChI=1S/C17H24N4S/c1-2-10-22-16(7-1)21-15(11-13-5-3-8-18-12-13)20-14-6-4-9-19-17(14)21/h4,6,9,13,16,18H,1-3,5,7-8,10-12H2. The van der Waals surface area contributed by atoms with Crippen LogP contribution in [0.5, 0.6) is 0 Å². The highest BCUT2D eigenvalue weighted by molar-refractivity contribution is 7.99. The molecule has 0 amide bonds. The van der Waals surface area contributed by atoms with Gasteiger partial charge in [0.2, 0.25) is 0 Å². The van der Waals surface area contributed by atoms with Gasteiger partial charge in [-0.2, -0.15) is 0 Å². The molecule has 2 aliphatic heterocycles. The first-order valence-electron chi connectivity index (χ1n) is 8.56. The molecule has 0 saturated carbocycles. The lowest BCUT2D eigenvalue weighted by Crippen LogP contribution is -2.31. The molecule has 0 bridgehead atoms. The number of hydrogen-bond acceptors (Lipinski definition) is 4. The first-order chi connectivity index (χ1) is 10.9. The predicted octanol–water partition coefficient (Wildman–Crippen LogP) is 3.39. The minimum absolute atomic E-state index is 0.528. The molecule has 0 aromatic carbocycles. The summed E-state index contributed by atoms with van der Waals surface area (Å²) >= 11 is 2.08. The smallest absolute Gasteiger partial charge is 0.160 e. The summed E-state index contributed by atoms with van der Waals surface area (Å²) in [6.07, 6.45) is 9.53. The molecule has 2 atom stereocenters. The molecular weight excluding hydrogens is 292 g/mol. The SMILES string of the molecule is c1cnc2c(c1)nc(CC1CCCNC1)n2C1CCCCS1. The van der Waals surface area contributed by atoms with E-state index in [-0.39, 0.29) is 0 Å². The van der Waals surface area contributed by atoms with Crippen LogP contribution in [0.2, 0.25) is 0 Å². The molecule has 118 valence electrons. The van der Waals surface area contributed by atoms with Crippen molar-refractivity contribution in [3.05, 3.63) is 24.2 Å². The maximum atomic E-state index is 4.94. The van der Waals surface area contributed by atoms with E-state index in [0.29, 0.717) is 5.37 Å². The Morgan fingerprint density at radius 1 is 1.27 bits per heavy atom. The van der Waals surface area contributed by atoms with E-state index in [4.69, 9.17) is 4.98 Å². The Hall–Kier alpha value is -1.07. The molecule has 0 radical (unpaired) electrons. The molecule has 0 aliphatic carbocycles. The number of piperidine rings is 1. The third kappa shape index (κ3) is 2.88. The van der Waals surface area contributed by atoms with Crippen molar-refractivity contribution in [2.45, 2.75) is 43.9 Å². The zero-order valence-corrected chi connectivity index (χ0v) is 13.8. The molecule has 5 heteroatoms. The van der Waals surface area contributed by atoms with Gasteiger partial charge in [0, 0.05) is 12.6 Å². The van der Waals surface area contributed by atoms with E-state index >= 15 is 0 Å². The minimum atomic E-state index is 0.528. The van der Waals surface area contributed by atoms with Crippen LogP contribution in [0.1, 0.15) is 43.3 Å². The highest BCUT2D eigenvalue weighted by Crippen LogP contribution is 2.37. The normalized spacial score (nSPS) is 26.4. The number of hydrogen-bond donors (Lipinski definition) is 1. The highest BCUT2D eigenvalue weighted by atomic mass is 32.2. The van der Waals surface area contributed by atoms with Crippen molar-refractivity contribution in [1.82, 2.24) is 19.9 Å². The zero-order chi connectivity index (χ0) is 14.8. The van der Waals surface area contributed by atoms with Gasteiger partial charge in [0.15, 0.2) is 5.65 Å². The number of fused-ring (bicyclic) bond motifs is 1. The fourth-order valence-electron chi connectivity index (χ4n) is 3.71. The number of pyridine rings is 1. The Kier molecular flexibility index (Phi) is 4.35. The first kappa shape index (κ1) is 14.5. The van der Waals surface area contributed by atoms with Crippen LogP contribution in [0.4, 0.5) is 0 Å². The average molecular weight is 316 g/mol. The second kappa shape index (κ2) is 6.59. The maximum absolute atomic E-state index is 4.94. The zero-order valence-electron chi connectivity index (χ0n) is 13.0. The highest BCUT2D eigenvalue weighted by Gasteiger charge is 2.24. The summed E-state index contributed by atoms with van der Waals surface area (Å²) in [7, 11) is 0. The number of nitrogens with zero attached hydrogens (tertiary/aromatic N) is 3. The van der Waals surface area contributed by atoms with Gasteiger partial charge in [0.05, 0.1) is 5.37 Å². The molecule has 4 heterocycles. The van der Waals surface area contributed by atoms with Crippen LogP contribution in [-0.2, 0) is 6.42 Å². The minimum Gasteiger partial charge on any atom is -0.316 e. The molecule has 2 saturated heterocycles. The molecule has 4 rings (SSSR count). The van der Waals surface area contributed by atoms with Gasteiger partial charge in [0.1, 0.15) is 11.3 Å². The van der Waals surface area contributed by atoms with Crippen LogP contribution in [0, 0.1) is 5.92 Å². The fraction of sp³-hybridized carbons (Fsp3) is 0.647. The van der Waals surface area contributed by atoms with E-state index in [2.05, 4.69) is 32.7 Å². The Morgan fingerprint density at radius 3 is 3.09 bits per heavy atom. The largest absolute Gasteiger partial charge is 0.316 e. The number of rotatable bonds is 3. The topological polar surface area (TPSA) is 42.7 Å². The van der Waals surface area contributed by atoms with E-state index in [1.54, 1.807) is 0 Å². The Labute approximate surface area is 136 Å². The molecule has 22 heavy (non-hydrogen) atoms. The Balaban J connectivity index is 1.68. The van der Waals surface area contributed by atoms with Crippen molar-refractivity contribution in [2.24, 2.45) is 5.92 Å². The van der Waals surface area contributed by atoms with Gasteiger partial charge in [-0.25, -0.2) is 9.97 Å². The number of nitrogens with one attached hydrogen (secondary N) is 1. The summed E-state index contributed by atoms with van der Waals surface area (Å²) in [5, 5.41) is 4.06. The molecule has 4 nitrogen and oxygen atoms in total. The van der Waals surface area contributed by atoms with Gasteiger partial charge in [-0.1, -0.05) is 0 Å². The van der Waals surface area contributed by atoms with E-state index < -0.39 is 0 Å². The van der Waals surface area contributed by atoms with Crippen molar-refractivity contribution in [3.63, 3.8) is 0 Å². The van der Waals surface area contributed by atoms with Crippen LogP contribution in [-0.4, -0.2) is 33.4 Å². The van der Waals surface area contributed by atoms with Crippen molar-refractivity contribution >= 4 is 22.9 Å². The lowest BCUT2D eigenvalue weighted by Gasteiger charge is -2.27. The van der Waals surface area contributed by atoms with Gasteiger partial charge in [0.25, 0.3) is 0 Å². The summed E-state index contributed by atoms with van der Waals surface area (Å²) in [6, 6.07) is 4.11. The van der Waals surface area contributed by atoms with Crippen LogP contribution in [0.3, 0.4) is 0 Å². The van der Waals surface area contributed by atoms with E-state index in [1.165, 1.54) is 50.2 Å². The monoisotopic (exact) mass is 316 g/mol. The quantitative estimate of drug-likeness (QED) is 0.942. The number of imidazole rings is 1. The summed E-state index contributed by atoms with van der Waals surface area (Å²) in [5.41, 5.74) is 2.15. The van der Waals surface area contributed by atoms with E-state index in [0.717, 1.165) is 30.0 Å². The second-order valence-electron chi connectivity index (χ2n) is 6.48. The molecule has 2 aromatic rings. The van der Waals surface area contributed by atoms with Crippen LogP contribution < -0.4 is 5.32 Å². The Bertz CT molecular complexity index is 627. The summed E-state index contributed by atoms with van der Waals surface area (Å²) in [6.45, 7) is 2.31. The van der Waals surface area contributed by atoms with Crippen molar-refractivity contribution in [1.29, 1.82) is 0 Å². The van der Waals surface area contributed by atoms with Gasteiger partial charge in [-0.15, -0.1) is 11.8 Å². The molecule has 2 aliphatic rings. The number of aromatic nitrogens is 3. The van der Waals surface area contributed by atoms with Gasteiger partial charge >= 0.3 is 0 Å².